The van der Waals surface area contributed by atoms with Gasteiger partial charge in [0.1, 0.15) is 23.8 Å². The van der Waals surface area contributed by atoms with Crippen LogP contribution in [-0.4, -0.2) is 4.98 Å². The van der Waals surface area contributed by atoms with Crippen molar-refractivity contribution in [1.29, 1.82) is 10.5 Å². The lowest BCUT2D eigenvalue weighted by atomic mass is 9.95. The molecule has 116 valence electrons. The molecule has 1 aromatic carbocycles. The van der Waals surface area contributed by atoms with Gasteiger partial charge in [-0.15, -0.1) is 0 Å². The Hall–Kier alpha value is -3.44. The molecule has 0 radical (unpaired) electrons. The number of nitriles is 2. The number of nitrogens with zero attached hydrogens (tertiary/aromatic N) is 3. The molecule has 1 aromatic heterocycles. The Bertz CT molecular complexity index is 1020. The molecule has 2 aromatic rings. The van der Waals surface area contributed by atoms with Crippen LogP contribution in [0, 0.1) is 35.4 Å². The third-order valence-electron chi connectivity index (χ3n) is 4.14. The van der Waals surface area contributed by atoms with Gasteiger partial charge in [0.15, 0.2) is 0 Å². The van der Waals surface area contributed by atoms with Gasteiger partial charge in [-0.25, -0.2) is 9.37 Å². The normalized spacial score (nSPS) is 14.5. The third-order valence-corrected chi connectivity index (χ3v) is 4.14. The molecule has 0 atom stereocenters. The van der Waals surface area contributed by atoms with Crippen LogP contribution in [0.15, 0.2) is 29.8 Å². The SMILES string of the molecule is CC1=C(C#N)c2nc(N)c(C#N)c(C)c2/C1=C\c1cccc(F)c1. The fraction of sp³-hybridized carbons (Fsp3) is 0.105. The summed E-state index contributed by atoms with van der Waals surface area (Å²) in [5, 5.41) is 18.8. The number of allylic oxidation sites excluding steroid dienone is 3. The van der Waals surface area contributed by atoms with Crippen molar-refractivity contribution in [3.63, 3.8) is 0 Å². The van der Waals surface area contributed by atoms with Crippen LogP contribution in [0.3, 0.4) is 0 Å². The topological polar surface area (TPSA) is 86.5 Å². The molecule has 3 rings (SSSR count). The van der Waals surface area contributed by atoms with E-state index in [0.29, 0.717) is 33.5 Å². The molecular formula is C19H13FN4. The number of halogens is 1. The van der Waals surface area contributed by atoms with Gasteiger partial charge in [-0.2, -0.15) is 10.5 Å². The smallest absolute Gasteiger partial charge is 0.142 e. The summed E-state index contributed by atoms with van der Waals surface area (Å²) < 4.78 is 13.5. The lowest BCUT2D eigenvalue weighted by Crippen LogP contribution is -2.03. The summed E-state index contributed by atoms with van der Waals surface area (Å²) in [7, 11) is 0. The van der Waals surface area contributed by atoms with Gasteiger partial charge in [-0.1, -0.05) is 12.1 Å². The number of rotatable bonds is 1. The molecule has 5 heteroatoms. The Morgan fingerprint density at radius 1 is 1.21 bits per heavy atom. The molecule has 0 unspecified atom stereocenters. The minimum atomic E-state index is -0.338. The van der Waals surface area contributed by atoms with E-state index in [0.717, 1.165) is 11.1 Å². The van der Waals surface area contributed by atoms with E-state index in [2.05, 4.69) is 17.1 Å². The van der Waals surface area contributed by atoms with E-state index in [4.69, 9.17) is 5.73 Å². The monoisotopic (exact) mass is 316 g/mol. The number of pyridine rings is 1. The highest BCUT2D eigenvalue weighted by Crippen LogP contribution is 2.44. The van der Waals surface area contributed by atoms with Crippen LogP contribution in [-0.2, 0) is 0 Å². The molecule has 0 amide bonds. The summed E-state index contributed by atoms with van der Waals surface area (Å²) in [6.45, 7) is 3.59. The molecule has 24 heavy (non-hydrogen) atoms. The van der Waals surface area contributed by atoms with Crippen LogP contribution in [0.25, 0.3) is 17.2 Å². The number of nitrogen functional groups attached to an aromatic ring is 1. The second-order valence-electron chi connectivity index (χ2n) is 5.56. The second-order valence-corrected chi connectivity index (χ2v) is 5.56. The lowest BCUT2D eigenvalue weighted by Gasteiger charge is -2.11. The number of fused-ring (bicyclic) bond motifs is 1. The molecule has 0 spiro atoms. The summed E-state index contributed by atoms with van der Waals surface area (Å²) in [5.74, 6) is -0.226. The molecule has 1 aliphatic carbocycles. The fourth-order valence-electron chi connectivity index (χ4n) is 2.96. The number of hydrogen-bond donors (Lipinski definition) is 1. The standard InChI is InChI=1S/C19H13FN4/c1-10-14(7-12-4-3-5-13(20)6-12)17-11(2)16(9-22)19(23)24-18(17)15(10)8-21/h3-7H,1-2H3,(H2,23,24)/b14-7-. The van der Waals surface area contributed by atoms with Crippen molar-refractivity contribution in [2.45, 2.75) is 13.8 Å². The van der Waals surface area contributed by atoms with E-state index in [-0.39, 0.29) is 11.6 Å². The van der Waals surface area contributed by atoms with Crippen molar-refractivity contribution in [1.82, 2.24) is 4.98 Å². The van der Waals surface area contributed by atoms with Gasteiger partial charge in [0, 0.05) is 5.56 Å². The fourth-order valence-corrected chi connectivity index (χ4v) is 2.96. The van der Waals surface area contributed by atoms with Gasteiger partial charge >= 0.3 is 0 Å². The van der Waals surface area contributed by atoms with E-state index in [1.54, 1.807) is 25.1 Å². The van der Waals surface area contributed by atoms with Crippen LogP contribution in [0.5, 0.6) is 0 Å². The Balaban J connectivity index is 2.34. The van der Waals surface area contributed by atoms with E-state index >= 15 is 0 Å². The summed E-state index contributed by atoms with van der Waals surface area (Å²) >= 11 is 0. The molecule has 0 bridgehead atoms. The first-order valence-electron chi connectivity index (χ1n) is 7.27. The molecule has 0 saturated carbocycles. The van der Waals surface area contributed by atoms with Gasteiger partial charge < -0.3 is 5.73 Å². The highest BCUT2D eigenvalue weighted by atomic mass is 19.1. The van der Waals surface area contributed by atoms with Gasteiger partial charge in [-0.3, -0.25) is 0 Å². The van der Waals surface area contributed by atoms with Gasteiger partial charge in [0.2, 0.25) is 0 Å². The number of anilines is 1. The first kappa shape index (κ1) is 15.5. The number of hydrogen-bond acceptors (Lipinski definition) is 4. The maximum absolute atomic E-state index is 13.5. The molecule has 0 aliphatic heterocycles. The van der Waals surface area contributed by atoms with E-state index in [9.17, 15) is 14.9 Å². The maximum Gasteiger partial charge on any atom is 0.142 e. The molecule has 0 fully saturated rings. The Morgan fingerprint density at radius 2 is 1.96 bits per heavy atom. The first-order chi connectivity index (χ1) is 11.5. The predicted molar refractivity (Wildman–Crippen MR) is 90.6 cm³/mol. The molecule has 0 saturated heterocycles. The maximum atomic E-state index is 13.5. The average Bonchev–Trinajstić information content (AvgIpc) is 2.79. The Kier molecular flexibility index (Phi) is 3.63. The lowest BCUT2D eigenvalue weighted by molar-refractivity contribution is 0.627. The second kappa shape index (κ2) is 5.64. The molecule has 4 nitrogen and oxygen atoms in total. The van der Waals surface area contributed by atoms with Crippen molar-refractivity contribution in [2.24, 2.45) is 0 Å². The number of nitrogens with two attached hydrogens (primary N) is 1. The highest BCUT2D eigenvalue weighted by molar-refractivity contribution is 6.08. The van der Waals surface area contributed by atoms with Crippen molar-refractivity contribution in [3.05, 3.63) is 63.6 Å². The molecule has 1 aliphatic rings. The predicted octanol–water partition coefficient (Wildman–Crippen LogP) is 3.83. The van der Waals surface area contributed by atoms with E-state index in [1.807, 2.05) is 6.92 Å². The minimum Gasteiger partial charge on any atom is -0.383 e. The number of aromatic nitrogens is 1. The highest BCUT2D eigenvalue weighted by Gasteiger charge is 2.29. The number of benzene rings is 1. The van der Waals surface area contributed by atoms with Gasteiger partial charge in [-0.05, 0) is 54.3 Å². The quantitative estimate of drug-likeness (QED) is 0.866. The summed E-state index contributed by atoms with van der Waals surface area (Å²) in [6, 6.07) is 10.4. The van der Waals surface area contributed by atoms with Crippen LogP contribution in [0.2, 0.25) is 0 Å². The Morgan fingerprint density at radius 3 is 2.58 bits per heavy atom. The Labute approximate surface area is 139 Å². The van der Waals surface area contributed by atoms with Crippen LogP contribution >= 0.6 is 0 Å². The third kappa shape index (κ3) is 2.24. The van der Waals surface area contributed by atoms with Crippen LogP contribution < -0.4 is 5.73 Å². The van der Waals surface area contributed by atoms with E-state index in [1.165, 1.54) is 12.1 Å². The molecular weight excluding hydrogens is 303 g/mol. The first-order valence-corrected chi connectivity index (χ1v) is 7.27. The van der Waals surface area contributed by atoms with E-state index < -0.39 is 0 Å². The van der Waals surface area contributed by atoms with Crippen LogP contribution in [0.1, 0.15) is 34.9 Å². The van der Waals surface area contributed by atoms with Crippen molar-refractivity contribution >= 4 is 23.0 Å². The summed E-state index contributed by atoms with van der Waals surface area (Å²) in [4.78, 5) is 4.26. The van der Waals surface area contributed by atoms with Gasteiger partial charge in [0.25, 0.3) is 0 Å². The molecule has 1 heterocycles. The van der Waals surface area contributed by atoms with Crippen molar-refractivity contribution < 1.29 is 4.39 Å². The minimum absolute atomic E-state index is 0.112. The van der Waals surface area contributed by atoms with Gasteiger partial charge in [0.05, 0.1) is 16.8 Å². The van der Waals surface area contributed by atoms with Crippen molar-refractivity contribution in [3.8, 4) is 12.1 Å². The summed E-state index contributed by atoms with van der Waals surface area (Å²) in [6.07, 6.45) is 1.80. The zero-order valence-electron chi connectivity index (χ0n) is 13.2. The molecule has 2 N–H and O–H groups in total. The summed E-state index contributed by atoms with van der Waals surface area (Å²) in [5.41, 5.74) is 10.6. The van der Waals surface area contributed by atoms with Crippen molar-refractivity contribution in [2.75, 3.05) is 5.73 Å². The zero-order valence-corrected chi connectivity index (χ0v) is 13.2. The zero-order chi connectivity index (χ0) is 17.4. The largest absolute Gasteiger partial charge is 0.383 e. The van der Waals surface area contributed by atoms with Crippen LogP contribution in [0.4, 0.5) is 10.2 Å². The average molecular weight is 316 g/mol.